The summed E-state index contributed by atoms with van der Waals surface area (Å²) in [6.07, 6.45) is 3.12. The van der Waals surface area contributed by atoms with Crippen LogP contribution in [0.5, 0.6) is 0 Å². The Hall–Kier alpha value is -1.77. The Morgan fingerprint density at radius 2 is 2.12 bits per heavy atom. The van der Waals surface area contributed by atoms with Crippen LogP contribution in [0.25, 0.3) is 10.9 Å². The fourth-order valence-electron chi connectivity index (χ4n) is 1.91. The molecule has 2 rings (SSSR count). The molecule has 0 saturated carbocycles. The zero-order valence-electron chi connectivity index (χ0n) is 10.2. The molecular formula is C14H17NO2. The molecule has 0 aliphatic carbocycles. The van der Waals surface area contributed by atoms with Crippen molar-refractivity contribution in [3.05, 3.63) is 36.0 Å². The lowest BCUT2D eigenvalue weighted by Gasteiger charge is -2.08. The van der Waals surface area contributed by atoms with Gasteiger partial charge in [0.1, 0.15) is 0 Å². The molecule has 1 N–H and O–H groups in total. The maximum absolute atomic E-state index is 10.9. The van der Waals surface area contributed by atoms with Crippen LogP contribution in [0.2, 0.25) is 0 Å². The summed E-state index contributed by atoms with van der Waals surface area (Å²) in [6.45, 7) is 5.31. The van der Waals surface area contributed by atoms with E-state index in [0.717, 1.165) is 23.9 Å². The van der Waals surface area contributed by atoms with Gasteiger partial charge in [-0.2, -0.15) is 0 Å². The molecule has 1 heterocycles. The molecule has 0 spiro atoms. The number of hydrogen-bond donors (Lipinski definition) is 1. The molecule has 0 atom stereocenters. The molecule has 0 amide bonds. The van der Waals surface area contributed by atoms with Crippen LogP contribution in [0.4, 0.5) is 0 Å². The number of hydrogen-bond acceptors (Lipinski definition) is 1. The molecule has 0 aliphatic heterocycles. The van der Waals surface area contributed by atoms with Gasteiger partial charge in [0.25, 0.3) is 0 Å². The predicted octanol–water partition coefficient (Wildman–Crippen LogP) is 3.39. The minimum atomic E-state index is -0.872. The van der Waals surface area contributed by atoms with Gasteiger partial charge in [-0.15, -0.1) is 0 Å². The lowest BCUT2D eigenvalue weighted by Crippen LogP contribution is -2.01. The van der Waals surface area contributed by atoms with Crippen LogP contribution in [-0.2, 0) is 6.54 Å². The molecule has 3 nitrogen and oxygen atoms in total. The Morgan fingerprint density at radius 3 is 2.76 bits per heavy atom. The fourth-order valence-corrected chi connectivity index (χ4v) is 1.91. The first kappa shape index (κ1) is 11.7. The SMILES string of the molecule is CC(C)CCn1ccc2ccc(C(=O)O)cc21. The molecule has 0 aliphatic rings. The monoisotopic (exact) mass is 231 g/mol. The second-order valence-corrected chi connectivity index (χ2v) is 4.77. The fraction of sp³-hybridized carbons (Fsp3) is 0.357. The lowest BCUT2D eigenvalue weighted by molar-refractivity contribution is 0.0697. The maximum atomic E-state index is 10.9. The number of benzene rings is 1. The van der Waals surface area contributed by atoms with Crippen molar-refractivity contribution in [1.29, 1.82) is 0 Å². The Balaban J connectivity index is 2.36. The van der Waals surface area contributed by atoms with E-state index >= 15 is 0 Å². The van der Waals surface area contributed by atoms with Crippen molar-refractivity contribution in [1.82, 2.24) is 4.57 Å². The van der Waals surface area contributed by atoms with E-state index < -0.39 is 5.97 Å². The molecule has 0 fully saturated rings. The van der Waals surface area contributed by atoms with E-state index in [9.17, 15) is 4.79 Å². The summed E-state index contributed by atoms with van der Waals surface area (Å²) in [6, 6.07) is 7.29. The van der Waals surface area contributed by atoms with E-state index in [1.54, 1.807) is 12.1 Å². The average molecular weight is 231 g/mol. The first-order chi connectivity index (χ1) is 8.08. The standard InChI is InChI=1S/C14H17NO2/c1-10(2)5-7-15-8-6-11-3-4-12(14(16)17)9-13(11)15/h3-4,6,8-10H,5,7H2,1-2H3,(H,16,17). The predicted molar refractivity (Wildman–Crippen MR) is 68.4 cm³/mol. The van der Waals surface area contributed by atoms with Crippen LogP contribution in [0.3, 0.4) is 0 Å². The number of nitrogens with zero attached hydrogens (tertiary/aromatic N) is 1. The number of aromatic nitrogens is 1. The van der Waals surface area contributed by atoms with Crippen molar-refractivity contribution in [2.75, 3.05) is 0 Å². The highest BCUT2D eigenvalue weighted by atomic mass is 16.4. The van der Waals surface area contributed by atoms with E-state index in [4.69, 9.17) is 5.11 Å². The largest absolute Gasteiger partial charge is 0.478 e. The van der Waals surface area contributed by atoms with Gasteiger partial charge < -0.3 is 9.67 Å². The zero-order valence-corrected chi connectivity index (χ0v) is 10.2. The van der Waals surface area contributed by atoms with Gasteiger partial charge in [-0.25, -0.2) is 4.79 Å². The van der Waals surface area contributed by atoms with Crippen molar-refractivity contribution >= 4 is 16.9 Å². The summed E-state index contributed by atoms with van der Waals surface area (Å²) in [4.78, 5) is 10.9. The van der Waals surface area contributed by atoms with Crippen molar-refractivity contribution in [2.45, 2.75) is 26.8 Å². The molecule has 1 aromatic carbocycles. The lowest BCUT2D eigenvalue weighted by atomic mass is 10.1. The first-order valence-corrected chi connectivity index (χ1v) is 5.90. The zero-order chi connectivity index (χ0) is 12.4. The third kappa shape index (κ3) is 2.49. The molecule has 0 unspecified atom stereocenters. The molecule has 0 radical (unpaired) electrons. The Kier molecular flexibility index (Phi) is 3.18. The topological polar surface area (TPSA) is 42.2 Å². The Morgan fingerprint density at radius 1 is 1.35 bits per heavy atom. The van der Waals surface area contributed by atoms with Crippen LogP contribution >= 0.6 is 0 Å². The Bertz CT molecular complexity index is 540. The molecule has 1 aromatic heterocycles. The highest BCUT2D eigenvalue weighted by Gasteiger charge is 2.07. The molecular weight excluding hydrogens is 214 g/mol. The quantitative estimate of drug-likeness (QED) is 0.876. The number of carboxylic acids is 1. The van der Waals surface area contributed by atoms with Gasteiger partial charge in [0.15, 0.2) is 0 Å². The normalized spacial score (nSPS) is 11.2. The Labute approximate surface area is 101 Å². The number of aryl methyl sites for hydroxylation is 1. The van der Waals surface area contributed by atoms with Crippen molar-refractivity contribution in [3.63, 3.8) is 0 Å². The van der Waals surface area contributed by atoms with Crippen molar-refractivity contribution < 1.29 is 9.90 Å². The average Bonchev–Trinajstić information content (AvgIpc) is 2.68. The second kappa shape index (κ2) is 4.62. The molecule has 2 aromatic rings. The minimum Gasteiger partial charge on any atom is -0.478 e. The molecule has 90 valence electrons. The van der Waals surface area contributed by atoms with Gasteiger partial charge in [-0.3, -0.25) is 0 Å². The maximum Gasteiger partial charge on any atom is 0.335 e. The van der Waals surface area contributed by atoms with Crippen LogP contribution < -0.4 is 0 Å². The molecule has 0 bridgehead atoms. The minimum absolute atomic E-state index is 0.349. The van der Waals surface area contributed by atoms with Gasteiger partial charge >= 0.3 is 5.97 Å². The van der Waals surface area contributed by atoms with Gasteiger partial charge in [-0.1, -0.05) is 19.9 Å². The smallest absolute Gasteiger partial charge is 0.335 e. The summed E-state index contributed by atoms with van der Waals surface area (Å²) in [7, 11) is 0. The van der Waals surface area contributed by atoms with Crippen LogP contribution in [0, 0.1) is 5.92 Å². The van der Waals surface area contributed by atoms with Crippen LogP contribution in [0.1, 0.15) is 30.6 Å². The van der Waals surface area contributed by atoms with E-state index in [-0.39, 0.29) is 0 Å². The van der Waals surface area contributed by atoms with E-state index in [1.807, 2.05) is 18.3 Å². The number of carboxylic acid groups (broad SMARTS) is 1. The third-order valence-corrected chi connectivity index (χ3v) is 2.97. The summed E-state index contributed by atoms with van der Waals surface area (Å²) < 4.78 is 2.13. The molecule has 3 heteroatoms. The number of carbonyl (C=O) groups is 1. The van der Waals surface area contributed by atoms with Crippen molar-refractivity contribution in [3.8, 4) is 0 Å². The highest BCUT2D eigenvalue weighted by Crippen LogP contribution is 2.19. The summed E-state index contributed by atoms with van der Waals surface area (Å²) in [5, 5.41) is 10.1. The van der Waals surface area contributed by atoms with E-state index in [1.165, 1.54) is 0 Å². The van der Waals surface area contributed by atoms with Gasteiger partial charge in [0.05, 0.1) is 5.56 Å². The summed E-state index contributed by atoms with van der Waals surface area (Å²) in [5.74, 6) is -0.224. The number of fused-ring (bicyclic) bond motifs is 1. The second-order valence-electron chi connectivity index (χ2n) is 4.77. The van der Waals surface area contributed by atoms with Crippen LogP contribution in [-0.4, -0.2) is 15.6 Å². The number of rotatable bonds is 4. The summed E-state index contributed by atoms with van der Waals surface area (Å²) in [5.41, 5.74) is 1.35. The van der Waals surface area contributed by atoms with Crippen molar-refractivity contribution in [2.24, 2.45) is 5.92 Å². The summed E-state index contributed by atoms with van der Waals surface area (Å²) >= 11 is 0. The third-order valence-electron chi connectivity index (χ3n) is 2.97. The van der Waals surface area contributed by atoms with Gasteiger partial charge in [0, 0.05) is 18.3 Å². The highest BCUT2D eigenvalue weighted by molar-refractivity contribution is 5.93. The number of aromatic carboxylic acids is 1. The van der Waals surface area contributed by atoms with E-state index in [0.29, 0.717) is 11.5 Å². The van der Waals surface area contributed by atoms with Crippen LogP contribution in [0.15, 0.2) is 30.5 Å². The van der Waals surface area contributed by atoms with Gasteiger partial charge in [-0.05, 0) is 35.9 Å². The van der Waals surface area contributed by atoms with E-state index in [2.05, 4.69) is 18.4 Å². The molecule has 17 heavy (non-hydrogen) atoms. The molecule has 0 saturated heterocycles. The van der Waals surface area contributed by atoms with Gasteiger partial charge in [0.2, 0.25) is 0 Å². The first-order valence-electron chi connectivity index (χ1n) is 5.90.